The van der Waals surface area contributed by atoms with E-state index in [4.69, 9.17) is 28.5 Å². The number of esters is 2. The number of alkyl carbamates (subject to hydrolysis) is 2. The second kappa shape index (κ2) is 18.9. The Morgan fingerprint density at radius 3 is 1.94 bits per heavy atom. The van der Waals surface area contributed by atoms with Gasteiger partial charge in [-0.25, -0.2) is 19.2 Å². The van der Waals surface area contributed by atoms with Gasteiger partial charge >= 0.3 is 30.3 Å². The Labute approximate surface area is 307 Å². The lowest BCUT2D eigenvalue weighted by Crippen LogP contribution is -2.45. The Kier molecular flexibility index (Phi) is 15.6. The average molecular weight is 751 g/mol. The number of hydrogen-bond acceptors (Lipinski definition) is 14. The molecule has 0 spiro atoms. The lowest BCUT2D eigenvalue weighted by Gasteiger charge is -2.23. The third kappa shape index (κ3) is 17.1. The number of benzene rings is 1. The molecule has 18 heteroatoms. The Bertz CT molecular complexity index is 1520. The van der Waals surface area contributed by atoms with Gasteiger partial charge in [-0.3, -0.25) is 24.0 Å². The normalized spacial score (nSPS) is 13.7. The predicted octanol–water partition coefficient (Wildman–Crippen LogP) is 3.97. The van der Waals surface area contributed by atoms with Crippen LogP contribution in [0.25, 0.3) is 0 Å². The predicted molar refractivity (Wildman–Crippen MR) is 184 cm³/mol. The van der Waals surface area contributed by atoms with Gasteiger partial charge in [0.25, 0.3) is 17.7 Å². The van der Waals surface area contributed by atoms with E-state index < -0.39 is 84.0 Å². The van der Waals surface area contributed by atoms with Crippen molar-refractivity contribution in [3.63, 3.8) is 0 Å². The summed E-state index contributed by atoms with van der Waals surface area (Å²) < 4.78 is 26.3. The van der Waals surface area contributed by atoms with Gasteiger partial charge in [0.15, 0.2) is 0 Å². The molecule has 53 heavy (non-hydrogen) atoms. The number of nitrogens with zero attached hydrogens (tertiary/aromatic N) is 1. The van der Waals surface area contributed by atoms with Crippen LogP contribution in [0.15, 0.2) is 18.2 Å². The van der Waals surface area contributed by atoms with Crippen LogP contribution in [0.2, 0.25) is 0 Å². The molecule has 1 aliphatic rings. The first-order valence-electron chi connectivity index (χ1n) is 16.9. The monoisotopic (exact) mass is 750 g/mol. The summed E-state index contributed by atoms with van der Waals surface area (Å²) in [5.74, 6) is -4.10. The minimum absolute atomic E-state index is 0.0587. The summed E-state index contributed by atoms with van der Waals surface area (Å²) in [6, 6.07) is 2.51. The summed E-state index contributed by atoms with van der Waals surface area (Å²) in [4.78, 5) is 104. The summed E-state index contributed by atoms with van der Waals surface area (Å²) in [6.45, 7) is 14.2. The number of imide groups is 1. The van der Waals surface area contributed by atoms with Crippen molar-refractivity contribution in [2.75, 3.05) is 13.1 Å². The molecule has 0 saturated carbocycles. The Hall–Kier alpha value is -5.42. The summed E-state index contributed by atoms with van der Waals surface area (Å²) >= 11 is 0. The molecule has 294 valence electrons. The van der Waals surface area contributed by atoms with Gasteiger partial charge in [-0.1, -0.05) is 11.1 Å². The SMILES string of the molecule is CC(C)(C)OC(=O)CNC(=O)c1cc(OC(=O)C(CCCCNC(=O)OC(C)(C)C)NC(=O)OC(C)(C)C)ccc1COC(=O)ON1C(=O)CCC1=O. The number of carbonyl (C=O) groups excluding carboxylic acids is 8. The first kappa shape index (κ1) is 43.7. The highest BCUT2D eigenvalue weighted by Gasteiger charge is 2.34. The van der Waals surface area contributed by atoms with Crippen molar-refractivity contribution < 1.29 is 66.9 Å². The molecule has 1 aliphatic heterocycles. The molecule has 0 radical (unpaired) electrons. The molecule has 18 nitrogen and oxygen atoms in total. The van der Waals surface area contributed by atoms with E-state index in [1.54, 1.807) is 62.3 Å². The molecule has 1 heterocycles. The standard InChI is InChI=1S/C35H50N4O14/c1-33(2,3)50-27(42)19-37-28(43)23-18-22(14-13-21(23)20-48-32(47)53-39-25(40)15-16-26(39)41)49-29(44)24(38-31(46)52-35(7,8)9)12-10-11-17-36-30(45)51-34(4,5)6/h13-14,18,24H,10-12,15-17,19-20H2,1-9H3,(H,36,45)(H,37,43)(H,38,46). The van der Waals surface area contributed by atoms with Crippen LogP contribution >= 0.6 is 0 Å². The van der Waals surface area contributed by atoms with Gasteiger partial charge in [0, 0.05) is 30.5 Å². The fourth-order valence-electron chi connectivity index (χ4n) is 4.34. The molecule has 1 aromatic carbocycles. The van der Waals surface area contributed by atoms with Crippen LogP contribution in [0.3, 0.4) is 0 Å². The number of amides is 5. The van der Waals surface area contributed by atoms with Gasteiger partial charge < -0.3 is 39.6 Å². The van der Waals surface area contributed by atoms with E-state index in [9.17, 15) is 38.4 Å². The summed E-state index contributed by atoms with van der Waals surface area (Å²) in [5.41, 5.74) is -2.51. The van der Waals surface area contributed by atoms with Crippen molar-refractivity contribution >= 4 is 48.0 Å². The molecule has 0 aliphatic carbocycles. The quantitative estimate of drug-likeness (QED) is 0.0803. The molecular formula is C35H50N4O14. The number of ether oxygens (including phenoxy) is 5. The summed E-state index contributed by atoms with van der Waals surface area (Å²) in [5, 5.41) is 7.79. The fraction of sp³-hybridized carbons (Fsp3) is 0.600. The molecule has 1 saturated heterocycles. The molecule has 0 aromatic heterocycles. The molecular weight excluding hydrogens is 700 g/mol. The number of nitrogens with one attached hydrogen (secondary N) is 3. The van der Waals surface area contributed by atoms with Crippen LogP contribution in [0, 0.1) is 0 Å². The van der Waals surface area contributed by atoms with Crippen molar-refractivity contribution in [3.8, 4) is 5.75 Å². The molecule has 0 bridgehead atoms. The Morgan fingerprint density at radius 2 is 1.36 bits per heavy atom. The highest BCUT2D eigenvalue weighted by Crippen LogP contribution is 2.22. The van der Waals surface area contributed by atoms with Crippen molar-refractivity contribution in [1.82, 2.24) is 21.0 Å². The van der Waals surface area contributed by atoms with Gasteiger partial charge in [0.1, 0.15) is 41.7 Å². The Morgan fingerprint density at radius 1 is 0.774 bits per heavy atom. The van der Waals surface area contributed by atoms with Crippen LogP contribution < -0.4 is 20.7 Å². The third-order valence-corrected chi connectivity index (χ3v) is 6.44. The highest BCUT2D eigenvalue weighted by molar-refractivity contribution is 6.01. The maximum atomic E-state index is 13.4. The van der Waals surface area contributed by atoms with Gasteiger partial charge in [0.05, 0.1) is 0 Å². The number of hydrogen-bond donors (Lipinski definition) is 3. The number of unbranched alkanes of at least 4 members (excludes halogenated alkanes) is 1. The third-order valence-electron chi connectivity index (χ3n) is 6.44. The van der Waals surface area contributed by atoms with Crippen LogP contribution in [0.5, 0.6) is 5.75 Å². The van der Waals surface area contributed by atoms with Crippen LogP contribution in [0.1, 0.15) is 110 Å². The topological polar surface area (TPSA) is 231 Å². The minimum Gasteiger partial charge on any atom is -0.459 e. The number of hydroxylamine groups is 2. The number of carbonyl (C=O) groups is 8. The maximum absolute atomic E-state index is 13.4. The first-order chi connectivity index (χ1) is 24.4. The first-order valence-corrected chi connectivity index (χ1v) is 16.9. The smallest absolute Gasteiger partial charge is 0.459 e. The zero-order chi connectivity index (χ0) is 40.1. The number of rotatable bonds is 14. The van der Waals surface area contributed by atoms with Crippen LogP contribution in [0.4, 0.5) is 14.4 Å². The highest BCUT2D eigenvalue weighted by atomic mass is 16.8. The van der Waals surface area contributed by atoms with E-state index in [1.165, 1.54) is 12.1 Å². The van der Waals surface area contributed by atoms with E-state index >= 15 is 0 Å². The molecule has 2 rings (SSSR count). The van der Waals surface area contributed by atoms with Gasteiger partial charge in [-0.2, -0.15) is 0 Å². The average Bonchev–Trinajstić information content (AvgIpc) is 3.31. The minimum atomic E-state index is -1.40. The molecule has 1 fully saturated rings. The Balaban J connectivity index is 2.23. The van der Waals surface area contributed by atoms with E-state index in [0.717, 1.165) is 6.07 Å². The van der Waals surface area contributed by atoms with E-state index in [1.807, 2.05) is 0 Å². The molecule has 5 amide bonds. The van der Waals surface area contributed by atoms with Gasteiger partial charge in [-0.05, 0) is 93.7 Å². The fourth-order valence-corrected chi connectivity index (χ4v) is 4.34. The second-order valence-corrected chi connectivity index (χ2v) is 14.8. The zero-order valence-electron chi connectivity index (χ0n) is 31.6. The van der Waals surface area contributed by atoms with E-state index in [-0.39, 0.29) is 42.7 Å². The molecule has 1 atom stereocenters. The zero-order valence-corrected chi connectivity index (χ0v) is 31.6. The second-order valence-electron chi connectivity index (χ2n) is 14.8. The van der Waals surface area contributed by atoms with Crippen LogP contribution in [-0.4, -0.2) is 89.0 Å². The summed E-state index contributed by atoms with van der Waals surface area (Å²) in [6.07, 6.45) is -2.31. The maximum Gasteiger partial charge on any atom is 0.534 e. The van der Waals surface area contributed by atoms with Gasteiger partial charge in [-0.15, -0.1) is 0 Å². The van der Waals surface area contributed by atoms with Crippen LogP contribution in [-0.2, 0) is 49.6 Å². The molecule has 3 N–H and O–H groups in total. The van der Waals surface area contributed by atoms with Crippen molar-refractivity contribution in [1.29, 1.82) is 0 Å². The van der Waals surface area contributed by atoms with Gasteiger partial charge in [0.2, 0.25) is 0 Å². The lowest BCUT2D eigenvalue weighted by molar-refractivity contribution is -0.177. The molecule has 1 aromatic rings. The summed E-state index contributed by atoms with van der Waals surface area (Å²) in [7, 11) is 0. The molecule has 1 unspecified atom stereocenters. The van der Waals surface area contributed by atoms with E-state index in [0.29, 0.717) is 17.9 Å². The largest absolute Gasteiger partial charge is 0.534 e. The lowest BCUT2D eigenvalue weighted by atomic mass is 10.1. The van der Waals surface area contributed by atoms with Crippen molar-refractivity contribution in [2.24, 2.45) is 0 Å². The van der Waals surface area contributed by atoms with E-state index in [2.05, 4.69) is 16.0 Å². The van der Waals surface area contributed by atoms with Crippen molar-refractivity contribution in [2.45, 2.75) is 124 Å². The van der Waals surface area contributed by atoms with Crippen molar-refractivity contribution in [3.05, 3.63) is 29.3 Å².